The van der Waals surface area contributed by atoms with Gasteiger partial charge in [-0.3, -0.25) is 0 Å². The first-order chi connectivity index (χ1) is 8.54. The van der Waals surface area contributed by atoms with Gasteiger partial charge >= 0.3 is 0 Å². The van der Waals surface area contributed by atoms with Gasteiger partial charge in [-0.05, 0) is 24.0 Å². The van der Waals surface area contributed by atoms with Crippen molar-refractivity contribution < 1.29 is 0 Å². The molecule has 1 aliphatic carbocycles. The van der Waals surface area contributed by atoms with E-state index in [1.54, 1.807) is 0 Å². The molecule has 1 saturated carbocycles. The topological polar surface area (TPSA) is 17.8 Å². The molecule has 0 spiro atoms. The molecule has 2 aromatic rings. The third-order valence-corrected chi connectivity index (χ3v) is 4.33. The zero-order valence-corrected chi connectivity index (χ0v) is 12.1. The molecular formula is C14H16Cl2N2. The second kappa shape index (κ2) is 4.14. The van der Waals surface area contributed by atoms with Crippen molar-refractivity contribution in [2.75, 3.05) is 5.88 Å². The van der Waals surface area contributed by atoms with Crippen LogP contribution in [0.4, 0.5) is 0 Å². The standard InChI is InChI=1S/C14H16Cl2N2/c1-14(2)8-11(14)18-10-5-3-4-9(16)13(10)17-12(18)6-7-15/h3-5,11H,6-8H2,1-2H3. The average Bonchev–Trinajstić information content (AvgIpc) is 2.78. The van der Waals surface area contributed by atoms with Crippen molar-refractivity contribution in [3.05, 3.63) is 29.0 Å². The van der Waals surface area contributed by atoms with Crippen LogP contribution in [0.5, 0.6) is 0 Å². The number of benzene rings is 1. The molecule has 0 amide bonds. The number of aromatic nitrogens is 2. The number of hydrogen-bond acceptors (Lipinski definition) is 1. The molecule has 1 atom stereocenters. The molecule has 18 heavy (non-hydrogen) atoms. The number of imidazole rings is 1. The Hall–Kier alpha value is -0.730. The van der Waals surface area contributed by atoms with Crippen LogP contribution in [0.15, 0.2) is 18.2 Å². The number of aryl methyl sites for hydroxylation is 1. The summed E-state index contributed by atoms with van der Waals surface area (Å²) in [5, 5.41) is 0.723. The summed E-state index contributed by atoms with van der Waals surface area (Å²) < 4.78 is 2.34. The Morgan fingerprint density at radius 2 is 2.17 bits per heavy atom. The van der Waals surface area contributed by atoms with E-state index in [0.717, 1.165) is 28.3 Å². The van der Waals surface area contributed by atoms with Crippen LogP contribution < -0.4 is 0 Å². The van der Waals surface area contributed by atoms with E-state index in [0.29, 0.717) is 17.3 Å². The Bertz CT molecular complexity index is 601. The largest absolute Gasteiger partial charge is 0.324 e. The summed E-state index contributed by atoms with van der Waals surface area (Å²) in [6.07, 6.45) is 1.99. The van der Waals surface area contributed by atoms with Gasteiger partial charge in [0.25, 0.3) is 0 Å². The highest BCUT2D eigenvalue weighted by Crippen LogP contribution is 2.56. The fourth-order valence-corrected chi connectivity index (χ4v) is 3.00. The summed E-state index contributed by atoms with van der Waals surface area (Å²) >= 11 is 12.1. The average molecular weight is 283 g/mol. The molecule has 1 aromatic carbocycles. The molecule has 0 radical (unpaired) electrons. The lowest BCUT2D eigenvalue weighted by atomic mass is 10.2. The van der Waals surface area contributed by atoms with Crippen molar-refractivity contribution in [1.29, 1.82) is 0 Å². The second-order valence-corrected chi connectivity index (χ2v) is 6.44. The Morgan fingerprint density at radius 1 is 1.44 bits per heavy atom. The van der Waals surface area contributed by atoms with Gasteiger partial charge in [-0.2, -0.15) is 0 Å². The molecule has 1 heterocycles. The number of nitrogens with zero attached hydrogens (tertiary/aromatic N) is 2. The SMILES string of the molecule is CC1(C)CC1n1c(CCCl)nc2c(Cl)cccc21. The van der Waals surface area contributed by atoms with E-state index >= 15 is 0 Å². The summed E-state index contributed by atoms with van der Waals surface area (Å²) in [5.41, 5.74) is 2.40. The molecule has 1 aromatic heterocycles. The van der Waals surface area contributed by atoms with Gasteiger partial charge < -0.3 is 4.57 Å². The first-order valence-electron chi connectivity index (χ1n) is 6.26. The van der Waals surface area contributed by atoms with E-state index < -0.39 is 0 Å². The van der Waals surface area contributed by atoms with Gasteiger partial charge in [-0.25, -0.2) is 4.98 Å². The number of hydrogen-bond donors (Lipinski definition) is 0. The third kappa shape index (κ3) is 1.83. The number of fused-ring (bicyclic) bond motifs is 1. The van der Waals surface area contributed by atoms with Crippen LogP contribution in [0.25, 0.3) is 11.0 Å². The number of para-hydroxylation sites is 1. The van der Waals surface area contributed by atoms with Gasteiger partial charge in [0.2, 0.25) is 0 Å². The second-order valence-electron chi connectivity index (χ2n) is 5.65. The number of alkyl halides is 1. The first kappa shape index (κ1) is 12.3. The summed E-state index contributed by atoms with van der Waals surface area (Å²) in [6, 6.07) is 6.51. The minimum absolute atomic E-state index is 0.358. The highest BCUT2D eigenvalue weighted by molar-refractivity contribution is 6.34. The zero-order chi connectivity index (χ0) is 12.9. The highest BCUT2D eigenvalue weighted by Gasteiger charge is 2.48. The summed E-state index contributed by atoms with van der Waals surface area (Å²) in [4.78, 5) is 4.68. The predicted octanol–water partition coefficient (Wildman–Crippen LogP) is 4.44. The van der Waals surface area contributed by atoms with Gasteiger partial charge in [-0.1, -0.05) is 31.5 Å². The highest BCUT2D eigenvalue weighted by atomic mass is 35.5. The lowest BCUT2D eigenvalue weighted by Crippen LogP contribution is -2.06. The van der Waals surface area contributed by atoms with E-state index in [2.05, 4.69) is 29.5 Å². The van der Waals surface area contributed by atoms with Crippen LogP contribution in [0.1, 0.15) is 32.1 Å². The molecule has 4 heteroatoms. The predicted molar refractivity (Wildman–Crippen MR) is 76.6 cm³/mol. The van der Waals surface area contributed by atoms with E-state index in [1.165, 1.54) is 6.42 Å². The maximum Gasteiger partial charge on any atom is 0.111 e. The normalized spacial score (nSPS) is 21.4. The smallest absolute Gasteiger partial charge is 0.111 e. The van der Waals surface area contributed by atoms with Crippen molar-refractivity contribution in [1.82, 2.24) is 9.55 Å². The molecule has 1 fully saturated rings. The molecule has 0 bridgehead atoms. The number of rotatable bonds is 3. The van der Waals surface area contributed by atoms with Crippen LogP contribution in [-0.2, 0) is 6.42 Å². The Kier molecular flexibility index (Phi) is 2.83. The van der Waals surface area contributed by atoms with Crippen molar-refractivity contribution in [2.24, 2.45) is 5.41 Å². The maximum atomic E-state index is 6.23. The fourth-order valence-electron chi connectivity index (χ4n) is 2.62. The third-order valence-electron chi connectivity index (χ3n) is 3.84. The lowest BCUT2D eigenvalue weighted by molar-refractivity contribution is 0.537. The monoisotopic (exact) mass is 282 g/mol. The van der Waals surface area contributed by atoms with E-state index in [1.807, 2.05) is 12.1 Å². The quantitative estimate of drug-likeness (QED) is 0.761. The van der Waals surface area contributed by atoms with Crippen LogP contribution >= 0.6 is 23.2 Å². The summed E-state index contributed by atoms with van der Waals surface area (Å²) in [6.45, 7) is 4.58. The summed E-state index contributed by atoms with van der Waals surface area (Å²) in [5.74, 6) is 1.65. The van der Waals surface area contributed by atoms with Crippen LogP contribution in [-0.4, -0.2) is 15.4 Å². The molecule has 2 nitrogen and oxygen atoms in total. The molecule has 0 saturated heterocycles. The van der Waals surface area contributed by atoms with Crippen molar-refractivity contribution in [2.45, 2.75) is 32.7 Å². The van der Waals surface area contributed by atoms with E-state index in [9.17, 15) is 0 Å². The Labute approximate surface area is 117 Å². The Balaban J connectivity index is 2.20. The molecular weight excluding hydrogens is 267 g/mol. The van der Waals surface area contributed by atoms with Gasteiger partial charge in [0.1, 0.15) is 11.3 Å². The van der Waals surface area contributed by atoms with E-state index in [4.69, 9.17) is 23.2 Å². The van der Waals surface area contributed by atoms with Gasteiger partial charge in [0.05, 0.1) is 10.5 Å². The van der Waals surface area contributed by atoms with Crippen molar-refractivity contribution >= 4 is 34.2 Å². The van der Waals surface area contributed by atoms with Crippen molar-refractivity contribution in [3.63, 3.8) is 0 Å². The zero-order valence-electron chi connectivity index (χ0n) is 10.6. The fraction of sp³-hybridized carbons (Fsp3) is 0.500. The molecule has 0 aliphatic heterocycles. The molecule has 96 valence electrons. The minimum atomic E-state index is 0.358. The van der Waals surface area contributed by atoms with Crippen LogP contribution in [0.3, 0.4) is 0 Å². The van der Waals surface area contributed by atoms with Crippen LogP contribution in [0, 0.1) is 5.41 Å². The minimum Gasteiger partial charge on any atom is -0.324 e. The molecule has 1 aliphatic rings. The Morgan fingerprint density at radius 3 is 2.78 bits per heavy atom. The van der Waals surface area contributed by atoms with Gasteiger partial charge in [0.15, 0.2) is 0 Å². The van der Waals surface area contributed by atoms with E-state index in [-0.39, 0.29) is 0 Å². The molecule has 3 rings (SSSR count). The van der Waals surface area contributed by atoms with Gasteiger partial charge in [0, 0.05) is 18.3 Å². The summed E-state index contributed by atoms with van der Waals surface area (Å²) in [7, 11) is 0. The molecule has 1 unspecified atom stereocenters. The lowest BCUT2D eigenvalue weighted by Gasteiger charge is -2.10. The van der Waals surface area contributed by atoms with Crippen LogP contribution in [0.2, 0.25) is 5.02 Å². The number of halogens is 2. The first-order valence-corrected chi connectivity index (χ1v) is 7.17. The maximum absolute atomic E-state index is 6.23. The molecule has 0 N–H and O–H groups in total. The van der Waals surface area contributed by atoms with Gasteiger partial charge in [-0.15, -0.1) is 11.6 Å². The van der Waals surface area contributed by atoms with Crippen molar-refractivity contribution in [3.8, 4) is 0 Å².